The Balaban J connectivity index is 0.00000324. The predicted molar refractivity (Wildman–Crippen MR) is 137 cm³/mol. The van der Waals surface area contributed by atoms with Crippen LogP contribution in [0.5, 0.6) is 5.75 Å². The van der Waals surface area contributed by atoms with E-state index in [9.17, 15) is 9.59 Å². The van der Waals surface area contributed by atoms with Crippen LogP contribution in [0.3, 0.4) is 0 Å². The summed E-state index contributed by atoms with van der Waals surface area (Å²) in [5, 5.41) is 5.01. The maximum Gasteiger partial charge on any atom is 0.246 e. The van der Waals surface area contributed by atoms with Crippen molar-refractivity contribution in [3.63, 3.8) is 0 Å². The highest BCUT2D eigenvalue weighted by Gasteiger charge is 2.18. The third kappa shape index (κ3) is 5.73. The van der Waals surface area contributed by atoms with Crippen molar-refractivity contribution in [1.29, 1.82) is 0 Å². The molecule has 34 heavy (non-hydrogen) atoms. The molecule has 0 bridgehead atoms. The Bertz CT molecular complexity index is 1230. The van der Waals surface area contributed by atoms with E-state index in [0.29, 0.717) is 32.1 Å². The third-order valence-corrected chi connectivity index (χ3v) is 5.59. The maximum absolute atomic E-state index is 12.9. The fourth-order valence-corrected chi connectivity index (χ4v) is 4.00. The molecule has 2 heterocycles. The number of carbonyl (C=O) groups excluding carboxylic acids is 2. The zero-order valence-electron chi connectivity index (χ0n) is 19.6. The molecule has 0 atom stereocenters. The summed E-state index contributed by atoms with van der Waals surface area (Å²) in [5.74, 6) is 1.17. The number of halogens is 1. The van der Waals surface area contributed by atoms with Crippen LogP contribution >= 0.6 is 12.4 Å². The highest BCUT2D eigenvalue weighted by atomic mass is 35.5. The number of hydrogen-bond acceptors (Lipinski definition) is 5. The number of nitrogens with zero attached hydrogens (tertiary/aromatic N) is 3. The van der Waals surface area contributed by atoms with Crippen LogP contribution in [0.2, 0.25) is 0 Å². The van der Waals surface area contributed by atoms with Crippen molar-refractivity contribution in [2.24, 2.45) is 0 Å². The largest absolute Gasteiger partial charge is 0.494 e. The van der Waals surface area contributed by atoms with Crippen LogP contribution in [0.1, 0.15) is 23.6 Å². The van der Waals surface area contributed by atoms with Gasteiger partial charge in [0.2, 0.25) is 11.8 Å². The molecule has 0 aliphatic carbocycles. The first-order chi connectivity index (χ1) is 15.9. The van der Waals surface area contributed by atoms with Crippen LogP contribution in [0.25, 0.3) is 16.8 Å². The van der Waals surface area contributed by atoms with Gasteiger partial charge in [0.05, 0.1) is 13.2 Å². The van der Waals surface area contributed by atoms with Crippen molar-refractivity contribution in [1.82, 2.24) is 14.8 Å². The van der Waals surface area contributed by atoms with Crippen molar-refractivity contribution in [3.8, 4) is 5.75 Å². The molecule has 8 heteroatoms. The Morgan fingerprint density at radius 1 is 1.24 bits per heavy atom. The van der Waals surface area contributed by atoms with Crippen LogP contribution in [0.15, 0.2) is 54.7 Å². The van der Waals surface area contributed by atoms with Crippen molar-refractivity contribution in [2.45, 2.75) is 20.0 Å². The molecule has 2 amide bonds. The summed E-state index contributed by atoms with van der Waals surface area (Å²) in [5.41, 5.74) is 2.72. The minimum atomic E-state index is -0.120. The molecule has 0 fully saturated rings. The highest BCUT2D eigenvalue weighted by Crippen LogP contribution is 2.29. The number of aromatic nitrogens is 1. The van der Waals surface area contributed by atoms with E-state index in [2.05, 4.69) is 22.4 Å². The van der Waals surface area contributed by atoms with E-state index in [-0.39, 0.29) is 24.2 Å². The van der Waals surface area contributed by atoms with Crippen molar-refractivity contribution < 1.29 is 14.3 Å². The Hall–Kier alpha value is -3.42. The predicted octanol–water partition coefficient (Wildman–Crippen LogP) is 4.11. The van der Waals surface area contributed by atoms with Gasteiger partial charge in [-0.3, -0.25) is 14.5 Å². The number of anilines is 1. The Morgan fingerprint density at radius 2 is 2.03 bits per heavy atom. The standard InChI is InChI=1S/C26H28N4O3.ClH/c1-4-33-23-11-10-19-7-5-6-8-21(19)22(23)16-30(3)25(32)12-9-18-13-20-15-29(2)17-24(31)28-26(20)27-14-18;/h5-14H,4,15-17H2,1-3H3,(H,27,28,31);1H. The summed E-state index contributed by atoms with van der Waals surface area (Å²) in [6.45, 7) is 3.87. The molecule has 1 aromatic heterocycles. The molecule has 178 valence electrons. The Labute approximate surface area is 205 Å². The molecular weight excluding hydrogens is 452 g/mol. The minimum absolute atomic E-state index is 0. The number of likely N-dealkylation sites (N-methyl/N-ethyl adjacent to an activating group) is 2. The van der Waals surface area contributed by atoms with Crippen LogP contribution in [-0.4, -0.2) is 53.8 Å². The first kappa shape index (κ1) is 25.2. The average molecular weight is 481 g/mol. The molecule has 3 aromatic rings. The van der Waals surface area contributed by atoms with Gasteiger partial charge in [-0.2, -0.15) is 0 Å². The lowest BCUT2D eigenvalue weighted by atomic mass is 10.0. The second-order valence-electron chi connectivity index (χ2n) is 8.22. The van der Waals surface area contributed by atoms with Gasteiger partial charge >= 0.3 is 0 Å². The van der Waals surface area contributed by atoms with Gasteiger partial charge in [-0.15, -0.1) is 12.4 Å². The number of rotatable bonds is 6. The Kier molecular flexibility index (Phi) is 8.26. The fraction of sp³-hybridized carbons (Fsp3) is 0.269. The molecule has 2 aromatic carbocycles. The van der Waals surface area contributed by atoms with Crippen molar-refractivity contribution >= 4 is 46.9 Å². The monoisotopic (exact) mass is 480 g/mol. The molecule has 0 radical (unpaired) electrons. The molecule has 0 spiro atoms. The topological polar surface area (TPSA) is 74.8 Å². The molecule has 1 aliphatic heterocycles. The van der Waals surface area contributed by atoms with Crippen molar-refractivity contribution in [2.75, 3.05) is 32.6 Å². The van der Waals surface area contributed by atoms with E-state index < -0.39 is 0 Å². The maximum atomic E-state index is 12.9. The molecule has 0 saturated carbocycles. The third-order valence-electron chi connectivity index (χ3n) is 5.59. The van der Waals surface area contributed by atoms with E-state index >= 15 is 0 Å². The number of amides is 2. The molecule has 4 rings (SSSR count). The number of nitrogens with one attached hydrogen (secondary N) is 1. The Morgan fingerprint density at radius 3 is 2.82 bits per heavy atom. The van der Waals surface area contributed by atoms with E-state index in [1.165, 1.54) is 0 Å². The summed E-state index contributed by atoms with van der Waals surface area (Å²) in [6.07, 6.45) is 4.96. The van der Waals surface area contributed by atoms with Crippen LogP contribution < -0.4 is 10.1 Å². The van der Waals surface area contributed by atoms with E-state index in [1.54, 1.807) is 30.3 Å². The van der Waals surface area contributed by atoms with Crippen LogP contribution in [0.4, 0.5) is 5.82 Å². The number of hydrogen-bond donors (Lipinski definition) is 1. The second kappa shape index (κ2) is 11.1. The smallest absolute Gasteiger partial charge is 0.246 e. The summed E-state index contributed by atoms with van der Waals surface area (Å²) < 4.78 is 5.84. The molecule has 0 unspecified atom stereocenters. The van der Waals surface area contributed by atoms with Gasteiger partial charge in [0.25, 0.3) is 0 Å². The quantitative estimate of drug-likeness (QED) is 0.537. The first-order valence-corrected chi connectivity index (χ1v) is 11.0. The zero-order chi connectivity index (χ0) is 23.4. The van der Waals surface area contributed by atoms with Gasteiger partial charge in [0.15, 0.2) is 0 Å². The molecule has 1 aliphatic rings. The lowest BCUT2D eigenvalue weighted by Gasteiger charge is -2.19. The lowest BCUT2D eigenvalue weighted by molar-refractivity contribution is -0.125. The zero-order valence-corrected chi connectivity index (χ0v) is 20.4. The van der Waals surface area contributed by atoms with Gasteiger partial charge in [-0.25, -0.2) is 4.98 Å². The number of ether oxygens (including phenoxy) is 1. The summed E-state index contributed by atoms with van der Waals surface area (Å²) in [6, 6.07) is 14.1. The molecule has 0 saturated heterocycles. The van der Waals surface area contributed by atoms with Gasteiger partial charge in [-0.1, -0.05) is 30.3 Å². The normalized spacial score (nSPS) is 13.7. The number of benzene rings is 2. The number of fused-ring (bicyclic) bond motifs is 2. The minimum Gasteiger partial charge on any atom is -0.494 e. The fourth-order valence-electron chi connectivity index (χ4n) is 4.00. The van der Waals surface area contributed by atoms with E-state index in [4.69, 9.17) is 4.74 Å². The molecule has 1 N–H and O–H groups in total. The molecule has 7 nitrogen and oxygen atoms in total. The van der Waals surface area contributed by atoms with Crippen LogP contribution in [0, 0.1) is 0 Å². The SMILES string of the molecule is CCOc1ccc2ccccc2c1CN(C)C(=O)C=Cc1cnc2c(c1)CN(C)CC(=O)N2.Cl. The van der Waals surface area contributed by atoms with Crippen LogP contribution in [-0.2, 0) is 22.7 Å². The average Bonchev–Trinajstić information content (AvgIpc) is 2.94. The first-order valence-electron chi connectivity index (χ1n) is 11.0. The second-order valence-corrected chi connectivity index (χ2v) is 8.22. The van der Waals surface area contributed by atoms with Gasteiger partial charge in [0, 0.05) is 43.5 Å². The molecular formula is C26H29ClN4O3. The van der Waals surface area contributed by atoms with Gasteiger partial charge in [-0.05, 0) is 48.5 Å². The number of carbonyl (C=O) groups is 2. The van der Waals surface area contributed by atoms with E-state index in [1.807, 2.05) is 49.2 Å². The number of pyridine rings is 1. The summed E-state index contributed by atoms with van der Waals surface area (Å²) in [7, 11) is 3.67. The van der Waals surface area contributed by atoms with E-state index in [0.717, 1.165) is 33.2 Å². The summed E-state index contributed by atoms with van der Waals surface area (Å²) >= 11 is 0. The highest BCUT2D eigenvalue weighted by molar-refractivity contribution is 5.94. The van der Waals surface area contributed by atoms with Gasteiger partial charge in [0.1, 0.15) is 11.6 Å². The lowest BCUT2D eigenvalue weighted by Crippen LogP contribution is -2.26. The van der Waals surface area contributed by atoms with Crippen molar-refractivity contribution in [3.05, 3.63) is 71.4 Å². The van der Waals surface area contributed by atoms with Gasteiger partial charge < -0.3 is 15.0 Å². The summed E-state index contributed by atoms with van der Waals surface area (Å²) in [4.78, 5) is 32.7.